The maximum Gasteiger partial charge on any atom is 0.0515 e. The summed E-state index contributed by atoms with van der Waals surface area (Å²) in [7, 11) is 0. The summed E-state index contributed by atoms with van der Waals surface area (Å²) in [6.07, 6.45) is 3.20. The van der Waals surface area contributed by atoms with Gasteiger partial charge in [0.2, 0.25) is 0 Å². The van der Waals surface area contributed by atoms with E-state index >= 15 is 0 Å². The molecule has 60 valence electrons. The Morgan fingerprint density at radius 1 is 1.55 bits per heavy atom. The van der Waals surface area contributed by atoms with Crippen LogP contribution < -0.4 is 0 Å². The summed E-state index contributed by atoms with van der Waals surface area (Å²) in [5.41, 5.74) is 1.05. The molecule has 0 saturated heterocycles. The summed E-state index contributed by atoms with van der Waals surface area (Å²) in [6, 6.07) is 5.83. The predicted octanol–water partition coefficient (Wildman–Crippen LogP) is 1.40. The lowest BCUT2D eigenvalue weighted by atomic mass is 10.1. The number of pyridine rings is 1. The monoisotopic (exact) mass is 151 g/mol. The summed E-state index contributed by atoms with van der Waals surface area (Å²) in [6.45, 7) is 1.79. The van der Waals surface area contributed by atoms with Gasteiger partial charge >= 0.3 is 0 Å². The van der Waals surface area contributed by atoms with E-state index in [1.165, 1.54) is 0 Å². The van der Waals surface area contributed by atoms with Crippen molar-refractivity contribution in [3.05, 3.63) is 30.1 Å². The molecule has 1 aromatic heterocycles. The van der Waals surface area contributed by atoms with Crippen LogP contribution in [0, 0.1) is 0 Å². The fourth-order valence-corrected chi connectivity index (χ4v) is 0.903. The van der Waals surface area contributed by atoms with Gasteiger partial charge in [-0.25, -0.2) is 0 Å². The molecule has 0 aliphatic rings. The van der Waals surface area contributed by atoms with Crippen LogP contribution in [0.1, 0.15) is 19.0 Å². The Labute approximate surface area is 66.9 Å². The summed E-state index contributed by atoms with van der Waals surface area (Å²) in [4.78, 5) is 4.14. The Bertz CT molecular complexity index is 196. The van der Waals surface area contributed by atoms with Crippen LogP contribution >= 0.6 is 0 Å². The minimum atomic E-state index is -0.225. The van der Waals surface area contributed by atoms with Crippen LogP contribution in [0.5, 0.6) is 0 Å². The van der Waals surface area contributed by atoms with E-state index in [2.05, 4.69) is 4.98 Å². The molecule has 1 rings (SSSR count). The average molecular weight is 151 g/mol. The maximum atomic E-state index is 8.99. The minimum absolute atomic E-state index is 0.225. The van der Waals surface area contributed by atoms with Gasteiger partial charge in [0.1, 0.15) is 0 Å². The fraction of sp³-hybridized carbons (Fsp3) is 0.444. The number of aromatic nitrogens is 1. The van der Waals surface area contributed by atoms with Gasteiger partial charge in [-0.05, 0) is 31.9 Å². The Kier molecular flexibility index (Phi) is 3.05. The smallest absolute Gasteiger partial charge is 0.0515 e. The molecule has 1 atom stereocenters. The highest BCUT2D eigenvalue weighted by Gasteiger charge is 1.96. The van der Waals surface area contributed by atoms with Crippen molar-refractivity contribution in [3.63, 3.8) is 0 Å². The minimum Gasteiger partial charge on any atom is -0.393 e. The highest BCUT2D eigenvalue weighted by molar-refractivity contribution is 5.03. The lowest BCUT2D eigenvalue weighted by Gasteiger charge is -2.01. The molecule has 0 aliphatic heterocycles. The second-order valence-electron chi connectivity index (χ2n) is 2.71. The van der Waals surface area contributed by atoms with Gasteiger partial charge in [-0.1, -0.05) is 6.07 Å². The second-order valence-corrected chi connectivity index (χ2v) is 2.71. The van der Waals surface area contributed by atoms with Crippen molar-refractivity contribution >= 4 is 0 Å². The van der Waals surface area contributed by atoms with Crippen LogP contribution in [0.15, 0.2) is 24.4 Å². The first-order valence-corrected chi connectivity index (χ1v) is 3.87. The summed E-state index contributed by atoms with van der Waals surface area (Å²) in [5, 5.41) is 8.99. The standard InChI is InChI=1S/C9H13NO/c1-8(11)5-6-9-4-2-3-7-10-9/h2-4,7-8,11H,5-6H2,1H3/t8-/m0/s1. The van der Waals surface area contributed by atoms with E-state index in [1.807, 2.05) is 18.2 Å². The van der Waals surface area contributed by atoms with Crippen LogP contribution in [0.2, 0.25) is 0 Å². The van der Waals surface area contributed by atoms with Crippen molar-refractivity contribution in [2.24, 2.45) is 0 Å². The molecule has 0 spiro atoms. The van der Waals surface area contributed by atoms with Crippen LogP contribution in [0.3, 0.4) is 0 Å². The number of aryl methyl sites for hydroxylation is 1. The highest BCUT2D eigenvalue weighted by atomic mass is 16.3. The molecule has 11 heavy (non-hydrogen) atoms. The van der Waals surface area contributed by atoms with E-state index < -0.39 is 0 Å². The van der Waals surface area contributed by atoms with Gasteiger partial charge in [-0.2, -0.15) is 0 Å². The molecule has 1 N–H and O–H groups in total. The molecule has 1 aromatic rings. The van der Waals surface area contributed by atoms with Crippen molar-refractivity contribution in [1.29, 1.82) is 0 Å². The normalized spacial score (nSPS) is 12.9. The third kappa shape index (κ3) is 3.14. The number of rotatable bonds is 3. The van der Waals surface area contributed by atoms with Crippen molar-refractivity contribution in [2.75, 3.05) is 0 Å². The van der Waals surface area contributed by atoms with Gasteiger partial charge in [0.15, 0.2) is 0 Å². The molecular formula is C9H13NO. The van der Waals surface area contributed by atoms with E-state index in [4.69, 9.17) is 5.11 Å². The molecule has 2 nitrogen and oxygen atoms in total. The predicted molar refractivity (Wildman–Crippen MR) is 44.2 cm³/mol. The number of aliphatic hydroxyl groups excluding tert-OH is 1. The Hall–Kier alpha value is -0.890. The zero-order chi connectivity index (χ0) is 8.10. The zero-order valence-corrected chi connectivity index (χ0v) is 6.70. The van der Waals surface area contributed by atoms with Crippen molar-refractivity contribution in [3.8, 4) is 0 Å². The molecule has 0 amide bonds. The number of nitrogens with zero attached hydrogens (tertiary/aromatic N) is 1. The van der Waals surface area contributed by atoms with Gasteiger partial charge in [0.25, 0.3) is 0 Å². The Balaban J connectivity index is 2.39. The van der Waals surface area contributed by atoms with Crippen LogP contribution in [0.25, 0.3) is 0 Å². The molecule has 0 saturated carbocycles. The average Bonchev–Trinajstić information content (AvgIpc) is 2.03. The van der Waals surface area contributed by atoms with E-state index in [-0.39, 0.29) is 6.10 Å². The zero-order valence-electron chi connectivity index (χ0n) is 6.70. The molecule has 0 bridgehead atoms. The highest BCUT2D eigenvalue weighted by Crippen LogP contribution is 2.00. The van der Waals surface area contributed by atoms with Crippen LogP contribution in [-0.4, -0.2) is 16.2 Å². The third-order valence-corrected chi connectivity index (χ3v) is 1.54. The summed E-state index contributed by atoms with van der Waals surface area (Å²) < 4.78 is 0. The first-order chi connectivity index (χ1) is 5.29. The Morgan fingerprint density at radius 2 is 2.36 bits per heavy atom. The third-order valence-electron chi connectivity index (χ3n) is 1.54. The number of aliphatic hydroxyl groups is 1. The van der Waals surface area contributed by atoms with E-state index in [1.54, 1.807) is 13.1 Å². The van der Waals surface area contributed by atoms with E-state index in [0.717, 1.165) is 18.5 Å². The van der Waals surface area contributed by atoms with E-state index in [0.29, 0.717) is 0 Å². The summed E-state index contributed by atoms with van der Waals surface area (Å²) >= 11 is 0. The van der Waals surface area contributed by atoms with Crippen molar-refractivity contribution in [2.45, 2.75) is 25.9 Å². The molecule has 1 heterocycles. The molecule has 0 aliphatic carbocycles. The molecule has 2 heteroatoms. The van der Waals surface area contributed by atoms with Gasteiger partial charge in [-0.15, -0.1) is 0 Å². The number of hydrogen-bond acceptors (Lipinski definition) is 2. The van der Waals surface area contributed by atoms with Gasteiger partial charge < -0.3 is 5.11 Å². The first-order valence-electron chi connectivity index (χ1n) is 3.87. The lowest BCUT2D eigenvalue weighted by molar-refractivity contribution is 0.184. The SMILES string of the molecule is C[C@H](O)CCc1ccccn1. The Morgan fingerprint density at radius 3 is 2.91 bits per heavy atom. The first kappa shape index (κ1) is 8.21. The van der Waals surface area contributed by atoms with Crippen molar-refractivity contribution < 1.29 is 5.11 Å². The van der Waals surface area contributed by atoms with Gasteiger partial charge in [-0.3, -0.25) is 4.98 Å². The van der Waals surface area contributed by atoms with Crippen LogP contribution in [0.4, 0.5) is 0 Å². The molecule has 0 radical (unpaired) electrons. The van der Waals surface area contributed by atoms with Gasteiger partial charge in [0.05, 0.1) is 6.10 Å². The maximum absolute atomic E-state index is 8.99. The number of hydrogen-bond donors (Lipinski definition) is 1. The quantitative estimate of drug-likeness (QED) is 0.708. The largest absolute Gasteiger partial charge is 0.393 e. The molecule has 0 aromatic carbocycles. The van der Waals surface area contributed by atoms with Crippen molar-refractivity contribution in [1.82, 2.24) is 4.98 Å². The topological polar surface area (TPSA) is 33.1 Å². The molecule has 0 fully saturated rings. The fourth-order valence-electron chi connectivity index (χ4n) is 0.903. The second kappa shape index (κ2) is 4.09. The summed E-state index contributed by atoms with van der Waals surface area (Å²) in [5.74, 6) is 0. The van der Waals surface area contributed by atoms with E-state index in [9.17, 15) is 0 Å². The molecular weight excluding hydrogens is 138 g/mol. The van der Waals surface area contributed by atoms with Crippen LogP contribution in [-0.2, 0) is 6.42 Å². The molecule has 0 unspecified atom stereocenters. The van der Waals surface area contributed by atoms with Gasteiger partial charge in [0, 0.05) is 11.9 Å². The lowest BCUT2D eigenvalue weighted by Crippen LogP contribution is -2.02.